The number of benzene rings is 2. The highest BCUT2D eigenvalue weighted by molar-refractivity contribution is 6.13. The monoisotopic (exact) mass is 351 g/mol. The SMILES string of the molecule is Cc1c(C2=N/C(=C/c3ccc(N(C)C)cc3)C(=O)O2)cccc1[N+](=O)[O-]. The molecule has 7 nitrogen and oxygen atoms in total. The van der Waals surface area contributed by atoms with Crippen LogP contribution in [0, 0.1) is 17.0 Å². The lowest BCUT2D eigenvalue weighted by molar-refractivity contribution is -0.385. The molecule has 2 aromatic rings. The summed E-state index contributed by atoms with van der Waals surface area (Å²) in [6.07, 6.45) is 1.63. The summed E-state index contributed by atoms with van der Waals surface area (Å²) < 4.78 is 5.22. The number of cyclic esters (lactones) is 1. The maximum Gasteiger partial charge on any atom is 0.363 e. The van der Waals surface area contributed by atoms with E-state index in [0.717, 1.165) is 11.3 Å². The van der Waals surface area contributed by atoms with E-state index in [1.807, 2.05) is 43.3 Å². The van der Waals surface area contributed by atoms with Crippen molar-refractivity contribution in [1.82, 2.24) is 0 Å². The molecule has 26 heavy (non-hydrogen) atoms. The number of nitrogens with zero attached hydrogens (tertiary/aromatic N) is 3. The van der Waals surface area contributed by atoms with Crippen molar-refractivity contribution in [2.75, 3.05) is 19.0 Å². The summed E-state index contributed by atoms with van der Waals surface area (Å²) in [5, 5.41) is 11.1. The lowest BCUT2D eigenvalue weighted by Crippen LogP contribution is -2.08. The van der Waals surface area contributed by atoms with Gasteiger partial charge in [0, 0.05) is 37.0 Å². The number of esters is 1. The van der Waals surface area contributed by atoms with Crippen LogP contribution < -0.4 is 4.90 Å². The Kier molecular flexibility index (Phi) is 4.53. The number of nitro groups is 1. The van der Waals surface area contributed by atoms with Gasteiger partial charge < -0.3 is 9.64 Å². The van der Waals surface area contributed by atoms with Gasteiger partial charge in [0.05, 0.1) is 4.92 Å². The number of carbonyl (C=O) groups is 1. The van der Waals surface area contributed by atoms with Crippen molar-refractivity contribution in [1.29, 1.82) is 0 Å². The molecule has 1 aliphatic heterocycles. The van der Waals surface area contributed by atoms with Crippen molar-refractivity contribution < 1.29 is 14.5 Å². The zero-order valence-electron chi connectivity index (χ0n) is 14.6. The second-order valence-corrected chi connectivity index (χ2v) is 6.03. The number of nitro benzene ring substituents is 1. The van der Waals surface area contributed by atoms with Crippen LogP contribution in [-0.2, 0) is 9.53 Å². The average molecular weight is 351 g/mol. The molecule has 7 heteroatoms. The van der Waals surface area contributed by atoms with Crippen LogP contribution in [0.1, 0.15) is 16.7 Å². The first kappa shape index (κ1) is 17.3. The molecule has 0 aromatic heterocycles. The highest BCUT2D eigenvalue weighted by Crippen LogP contribution is 2.26. The van der Waals surface area contributed by atoms with Gasteiger partial charge in [-0.15, -0.1) is 0 Å². The zero-order valence-corrected chi connectivity index (χ0v) is 14.6. The van der Waals surface area contributed by atoms with E-state index in [-0.39, 0.29) is 17.3 Å². The molecule has 1 aliphatic rings. The summed E-state index contributed by atoms with van der Waals surface area (Å²) in [4.78, 5) is 28.9. The van der Waals surface area contributed by atoms with Gasteiger partial charge in [0.15, 0.2) is 5.70 Å². The highest BCUT2D eigenvalue weighted by atomic mass is 16.6. The topological polar surface area (TPSA) is 85.0 Å². The molecule has 0 radical (unpaired) electrons. The molecule has 0 amide bonds. The second-order valence-electron chi connectivity index (χ2n) is 6.03. The first-order chi connectivity index (χ1) is 12.4. The number of carbonyl (C=O) groups excluding carboxylic acids is 1. The molecule has 0 unspecified atom stereocenters. The van der Waals surface area contributed by atoms with Crippen LogP contribution >= 0.6 is 0 Å². The van der Waals surface area contributed by atoms with E-state index in [9.17, 15) is 14.9 Å². The van der Waals surface area contributed by atoms with E-state index in [1.165, 1.54) is 6.07 Å². The third-order valence-corrected chi connectivity index (χ3v) is 4.07. The third-order valence-electron chi connectivity index (χ3n) is 4.07. The number of ether oxygens (including phenoxy) is 1. The highest BCUT2D eigenvalue weighted by Gasteiger charge is 2.27. The Morgan fingerprint density at radius 1 is 1.15 bits per heavy atom. The summed E-state index contributed by atoms with van der Waals surface area (Å²) >= 11 is 0. The minimum atomic E-state index is -0.581. The van der Waals surface area contributed by atoms with Crippen LogP contribution in [0.15, 0.2) is 53.2 Å². The maximum atomic E-state index is 12.1. The second kappa shape index (κ2) is 6.79. The maximum absolute atomic E-state index is 12.1. The van der Waals surface area contributed by atoms with Crippen molar-refractivity contribution in [3.05, 3.63) is 75.0 Å². The number of hydrogen-bond donors (Lipinski definition) is 0. The fourth-order valence-electron chi connectivity index (χ4n) is 2.60. The Morgan fingerprint density at radius 2 is 1.85 bits per heavy atom. The van der Waals surface area contributed by atoms with Gasteiger partial charge in [-0.25, -0.2) is 9.79 Å². The van der Waals surface area contributed by atoms with E-state index in [4.69, 9.17) is 4.74 Å². The minimum absolute atomic E-state index is 0.0436. The van der Waals surface area contributed by atoms with Gasteiger partial charge in [0.2, 0.25) is 5.90 Å². The minimum Gasteiger partial charge on any atom is -0.402 e. The Labute approximate surface area is 150 Å². The molecule has 0 bridgehead atoms. The van der Waals surface area contributed by atoms with E-state index in [1.54, 1.807) is 25.1 Å². The van der Waals surface area contributed by atoms with Crippen LogP contribution in [-0.4, -0.2) is 30.9 Å². The van der Waals surface area contributed by atoms with Gasteiger partial charge in [-0.3, -0.25) is 10.1 Å². The number of hydrogen-bond acceptors (Lipinski definition) is 6. The predicted octanol–water partition coefficient (Wildman–Crippen LogP) is 3.31. The summed E-state index contributed by atoms with van der Waals surface area (Å²) in [5.74, 6) is -0.505. The molecule has 0 aliphatic carbocycles. The Balaban J connectivity index is 1.94. The van der Waals surface area contributed by atoms with Gasteiger partial charge >= 0.3 is 5.97 Å². The molecule has 1 heterocycles. The molecule has 3 rings (SSSR count). The van der Waals surface area contributed by atoms with Gasteiger partial charge in [-0.05, 0) is 36.8 Å². The largest absolute Gasteiger partial charge is 0.402 e. The first-order valence-electron chi connectivity index (χ1n) is 7.91. The summed E-state index contributed by atoms with van der Waals surface area (Å²) in [5.41, 5.74) is 2.79. The molecular weight excluding hydrogens is 334 g/mol. The molecule has 0 atom stereocenters. The first-order valence-corrected chi connectivity index (χ1v) is 7.91. The van der Waals surface area contributed by atoms with Crippen LogP contribution in [0.25, 0.3) is 6.08 Å². The molecule has 0 fully saturated rings. The molecule has 132 valence electrons. The lowest BCUT2D eigenvalue weighted by Gasteiger charge is -2.11. The Bertz CT molecular complexity index is 944. The van der Waals surface area contributed by atoms with Gasteiger partial charge in [-0.1, -0.05) is 18.2 Å². The smallest absolute Gasteiger partial charge is 0.363 e. The fourth-order valence-corrected chi connectivity index (χ4v) is 2.60. The lowest BCUT2D eigenvalue weighted by atomic mass is 10.1. The third kappa shape index (κ3) is 3.32. The van der Waals surface area contributed by atoms with Crippen molar-refractivity contribution in [2.45, 2.75) is 6.92 Å². The Hall–Kier alpha value is -3.48. The summed E-state index contributed by atoms with van der Waals surface area (Å²) in [6.45, 7) is 1.60. The molecule has 0 saturated carbocycles. The van der Waals surface area contributed by atoms with E-state index >= 15 is 0 Å². The van der Waals surface area contributed by atoms with Gasteiger partial charge in [-0.2, -0.15) is 0 Å². The van der Waals surface area contributed by atoms with Crippen LogP contribution in [0.4, 0.5) is 11.4 Å². The van der Waals surface area contributed by atoms with Crippen molar-refractivity contribution in [3.8, 4) is 0 Å². The van der Waals surface area contributed by atoms with E-state index in [0.29, 0.717) is 11.1 Å². The van der Waals surface area contributed by atoms with Gasteiger partial charge in [0.25, 0.3) is 5.69 Å². The van der Waals surface area contributed by atoms with Crippen molar-refractivity contribution in [3.63, 3.8) is 0 Å². The van der Waals surface area contributed by atoms with Crippen LogP contribution in [0.5, 0.6) is 0 Å². The van der Waals surface area contributed by atoms with Crippen LogP contribution in [0.3, 0.4) is 0 Å². The predicted molar refractivity (Wildman–Crippen MR) is 99.2 cm³/mol. The van der Waals surface area contributed by atoms with Crippen LogP contribution in [0.2, 0.25) is 0 Å². The van der Waals surface area contributed by atoms with E-state index < -0.39 is 10.9 Å². The zero-order chi connectivity index (χ0) is 18.8. The summed E-state index contributed by atoms with van der Waals surface area (Å²) in [7, 11) is 3.89. The average Bonchev–Trinajstić information content (AvgIpc) is 2.95. The Morgan fingerprint density at radius 3 is 2.46 bits per heavy atom. The number of anilines is 1. The summed E-state index contributed by atoms with van der Waals surface area (Å²) in [6, 6.07) is 12.2. The molecule has 2 aromatic carbocycles. The van der Waals surface area contributed by atoms with Crippen molar-refractivity contribution in [2.24, 2.45) is 4.99 Å². The number of rotatable bonds is 4. The normalized spacial score (nSPS) is 15.0. The molecule has 0 saturated heterocycles. The quantitative estimate of drug-likeness (QED) is 0.365. The fraction of sp³-hybridized carbons (Fsp3) is 0.158. The molecule has 0 spiro atoms. The van der Waals surface area contributed by atoms with E-state index in [2.05, 4.69) is 4.99 Å². The van der Waals surface area contributed by atoms with Gasteiger partial charge in [0.1, 0.15) is 0 Å². The molecular formula is C19H17N3O4. The molecule has 0 N–H and O–H groups in total. The number of aliphatic imine (C=N–C) groups is 1. The van der Waals surface area contributed by atoms with Crippen molar-refractivity contribution >= 4 is 29.3 Å². The standard InChI is InChI=1S/C19H17N3O4/c1-12-15(5-4-6-17(12)22(24)25)18-20-16(19(23)26-18)11-13-7-9-14(10-8-13)21(2)3/h4-11H,1-3H3/b16-11+.